The summed E-state index contributed by atoms with van der Waals surface area (Å²) >= 11 is 0. The summed E-state index contributed by atoms with van der Waals surface area (Å²) < 4.78 is 18.9. The van der Waals surface area contributed by atoms with Gasteiger partial charge in [-0.2, -0.15) is 0 Å². The van der Waals surface area contributed by atoms with Crippen LogP contribution in [-0.2, 0) is 9.53 Å². The van der Waals surface area contributed by atoms with Gasteiger partial charge in [0.15, 0.2) is 0 Å². The zero-order valence-corrected chi connectivity index (χ0v) is 19.4. The van der Waals surface area contributed by atoms with Gasteiger partial charge in [0.25, 0.3) is 5.91 Å². The van der Waals surface area contributed by atoms with E-state index in [1.807, 2.05) is 23.1 Å². The average Bonchev–Trinajstić information content (AvgIpc) is 3.59. The molecule has 6 nitrogen and oxygen atoms in total. The number of amides is 2. The molecule has 0 bridgehead atoms. The first-order valence-electron chi connectivity index (χ1n) is 12.3. The standard InChI is InChI=1S/C27H32FN3O3/c28-24-8-4-7-20(13-24)27(33)31-16-22-14-30(15-23(22)17-31)11-9-25(19-5-2-1-3-6-19)29-26(32)21-10-12-34-18-21/h1-8,13,21-23,25H,9-12,14-18H2,(H,29,32)/t21?,22-,23?,25?/m0/s1. The van der Waals surface area contributed by atoms with Crippen molar-refractivity contribution < 1.29 is 18.7 Å². The number of halogens is 1. The van der Waals surface area contributed by atoms with Crippen LogP contribution in [0.3, 0.4) is 0 Å². The average molecular weight is 466 g/mol. The van der Waals surface area contributed by atoms with Crippen LogP contribution < -0.4 is 5.32 Å². The summed E-state index contributed by atoms with van der Waals surface area (Å²) in [4.78, 5) is 29.9. The normalized spacial score (nSPS) is 25.3. The van der Waals surface area contributed by atoms with E-state index >= 15 is 0 Å². The molecule has 0 spiro atoms. The lowest BCUT2D eigenvalue weighted by Gasteiger charge is -2.25. The van der Waals surface area contributed by atoms with E-state index in [1.54, 1.807) is 12.1 Å². The Morgan fingerprint density at radius 3 is 2.47 bits per heavy atom. The van der Waals surface area contributed by atoms with Gasteiger partial charge in [0.2, 0.25) is 5.91 Å². The quantitative estimate of drug-likeness (QED) is 0.683. The van der Waals surface area contributed by atoms with Crippen LogP contribution in [-0.4, -0.2) is 67.6 Å². The third kappa shape index (κ3) is 5.15. The first kappa shape index (κ1) is 23.0. The highest BCUT2D eigenvalue weighted by Gasteiger charge is 2.41. The van der Waals surface area contributed by atoms with Gasteiger partial charge in [-0.25, -0.2) is 4.39 Å². The number of nitrogens with one attached hydrogen (secondary N) is 1. The number of fused-ring (bicyclic) bond motifs is 1. The van der Waals surface area contributed by atoms with Crippen molar-refractivity contribution in [2.24, 2.45) is 17.8 Å². The van der Waals surface area contributed by atoms with Gasteiger partial charge in [0, 0.05) is 44.9 Å². The molecule has 0 aromatic heterocycles. The summed E-state index contributed by atoms with van der Waals surface area (Å²) in [7, 11) is 0. The molecule has 2 aromatic rings. The number of hydrogen-bond donors (Lipinski definition) is 1. The summed E-state index contributed by atoms with van der Waals surface area (Å²) in [5.41, 5.74) is 1.55. The van der Waals surface area contributed by atoms with Gasteiger partial charge >= 0.3 is 0 Å². The third-order valence-corrected chi connectivity index (χ3v) is 7.47. The molecule has 0 aliphatic carbocycles. The molecule has 3 heterocycles. The Labute approximate surface area is 200 Å². The van der Waals surface area contributed by atoms with E-state index in [4.69, 9.17) is 4.74 Å². The summed E-state index contributed by atoms with van der Waals surface area (Å²) in [6.45, 7) is 5.39. The van der Waals surface area contributed by atoms with Crippen LogP contribution in [0, 0.1) is 23.6 Å². The predicted octanol–water partition coefficient (Wildman–Crippen LogP) is 3.11. The van der Waals surface area contributed by atoms with E-state index in [0.29, 0.717) is 30.6 Å². The smallest absolute Gasteiger partial charge is 0.253 e. The Balaban J connectivity index is 1.15. The Morgan fingerprint density at radius 1 is 1.03 bits per heavy atom. The number of carbonyl (C=O) groups excluding carboxylic acids is 2. The second-order valence-electron chi connectivity index (χ2n) is 9.82. The number of hydrogen-bond acceptors (Lipinski definition) is 4. The second kappa shape index (κ2) is 10.2. The van der Waals surface area contributed by atoms with Crippen LogP contribution in [0.4, 0.5) is 4.39 Å². The second-order valence-corrected chi connectivity index (χ2v) is 9.82. The highest BCUT2D eigenvalue weighted by atomic mass is 19.1. The molecule has 34 heavy (non-hydrogen) atoms. The fraction of sp³-hybridized carbons (Fsp3) is 0.481. The van der Waals surface area contributed by atoms with Gasteiger partial charge in [-0.05, 0) is 48.4 Å². The summed E-state index contributed by atoms with van der Waals surface area (Å²) in [5, 5.41) is 3.27. The molecule has 5 rings (SSSR count). The molecule has 0 radical (unpaired) electrons. The van der Waals surface area contributed by atoms with Crippen molar-refractivity contribution in [2.45, 2.75) is 18.9 Å². The minimum Gasteiger partial charge on any atom is -0.381 e. The van der Waals surface area contributed by atoms with Gasteiger partial charge < -0.3 is 19.9 Å². The molecule has 3 unspecified atom stereocenters. The minimum absolute atomic E-state index is 0.0270. The Hall–Kier alpha value is -2.77. The van der Waals surface area contributed by atoms with Gasteiger partial charge in [-0.15, -0.1) is 0 Å². The molecule has 0 saturated carbocycles. The van der Waals surface area contributed by atoms with Crippen LogP contribution in [0.15, 0.2) is 54.6 Å². The molecule has 3 aliphatic heterocycles. The van der Waals surface area contributed by atoms with Crippen LogP contribution >= 0.6 is 0 Å². The SMILES string of the molecule is O=C(NC(CCN1CC2CN(C(=O)c3cccc(F)c3)C[C@@H]2C1)c1ccccc1)C1CCOC1. The van der Waals surface area contributed by atoms with Gasteiger partial charge in [-0.3, -0.25) is 9.59 Å². The van der Waals surface area contributed by atoms with Crippen LogP contribution in [0.1, 0.15) is 34.8 Å². The lowest BCUT2D eigenvalue weighted by Crippen LogP contribution is -2.37. The zero-order valence-electron chi connectivity index (χ0n) is 19.4. The van der Waals surface area contributed by atoms with Crippen LogP contribution in [0.25, 0.3) is 0 Å². The van der Waals surface area contributed by atoms with Crippen LogP contribution in [0.2, 0.25) is 0 Å². The first-order valence-corrected chi connectivity index (χ1v) is 12.3. The number of carbonyl (C=O) groups is 2. The lowest BCUT2D eigenvalue weighted by atomic mass is 10.0. The van der Waals surface area contributed by atoms with E-state index in [2.05, 4.69) is 22.3 Å². The largest absolute Gasteiger partial charge is 0.381 e. The first-order chi connectivity index (χ1) is 16.6. The van der Waals surface area contributed by atoms with Crippen LogP contribution in [0.5, 0.6) is 0 Å². The number of benzene rings is 2. The number of likely N-dealkylation sites (tertiary alicyclic amines) is 2. The summed E-state index contributed by atoms with van der Waals surface area (Å²) in [6.07, 6.45) is 1.63. The Bertz CT molecular complexity index is 997. The van der Waals surface area contributed by atoms with Crippen molar-refractivity contribution in [1.29, 1.82) is 0 Å². The number of nitrogens with zero attached hydrogens (tertiary/aromatic N) is 2. The van der Waals surface area contributed by atoms with Gasteiger partial charge in [0.1, 0.15) is 5.82 Å². The minimum atomic E-state index is -0.378. The van der Waals surface area contributed by atoms with Crippen molar-refractivity contribution in [3.63, 3.8) is 0 Å². The van der Waals surface area contributed by atoms with E-state index in [0.717, 1.165) is 51.1 Å². The maximum Gasteiger partial charge on any atom is 0.253 e. The number of ether oxygens (including phenoxy) is 1. The monoisotopic (exact) mass is 465 g/mol. The lowest BCUT2D eigenvalue weighted by molar-refractivity contribution is -0.125. The fourth-order valence-electron chi connectivity index (χ4n) is 5.59. The van der Waals surface area contributed by atoms with Gasteiger partial charge in [-0.1, -0.05) is 36.4 Å². The molecule has 3 saturated heterocycles. The Kier molecular flexibility index (Phi) is 6.92. The van der Waals surface area contributed by atoms with Gasteiger partial charge in [0.05, 0.1) is 18.6 Å². The molecule has 1 N–H and O–H groups in total. The highest BCUT2D eigenvalue weighted by molar-refractivity contribution is 5.94. The molecular weight excluding hydrogens is 433 g/mol. The van der Waals surface area contributed by atoms with Crippen molar-refractivity contribution in [3.8, 4) is 0 Å². The molecule has 180 valence electrons. The molecule has 3 fully saturated rings. The molecule has 2 amide bonds. The van der Waals surface area contributed by atoms with Crippen molar-refractivity contribution in [2.75, 3.05) is 45.9 Å². The summed E-state index contributed by atoms with van der Waals surface area (Å²) in [5.74, 6) is 0.450. The summed E-state index contributed by atoms with van der Waals surface area (Å²) in [6, 6.07) is 16.1. The third-order valence-electron chi connectivity index (χ3n) is 7.47. The molecule has 4 atom stereocenters. The van der Waals surface area contributed by atoms with E-state index in [9.17, 15) is 14.0 Å². The predicted molar refractivity (Wildman–Crippen MR) is 127 cm³/mol. The molecule has 7 heteroatoms. The molecule has 3 aliphatic rings. The zero-order chi connectivity index (χ0) is 23.5. The van der Waals surface area contributed by atoms with E-state index < -0.39 is 0 Å². The maximum absolute atomic E-state index is 13.5. The molecule has 2 aromatic carbocycles. The maximum atomic E-state index is 13.5. The highest BCUT2D eigenvalue weighted by Crippen LogP contribution is 2.32. The number of rotatable bonds is 7. The van der Waals surface area contributed by atoms with Crippen molar-refractivity contribution >= 4 is 11.8 Å². The molecular formula is C27H32FN3O3. The van der Waals surface area contributed by atoms with E-state index in [-0.39, 0.29) is 29.6 Å². The topological polar surface area (TPSA) is 61.9 Å². The van der Waals surface area contributed by atoms with Crippen molar-refractivity contribution in [1.82, 2.24) is 15.1 Å². The van der Waals surface area contributed by atoms with Crippen molar-refractivity contribution in [3.05, 3.63) is 71.5 Å². The fourth-order valence-corrected chi connectivity index (χ4v) is 5.59. The van der Waals surface area contributed by atoms with E-state index in [1.165, 1.54) is 12.1 Å². The Morgan fingerprint density at radius 2 is 1.79 bits per heavy atom.